The van der Waals surface area contributed by atoms with Gasteiger partial charge in [-0.25, -0.2) is 0 Å². The molecule has 106 valence electrons. The van der Waals surface area contributed by atoms with Crippen LogP contribution in [-0.2, 0) is 13.1 Å². The Labute approximate surface area is 121 Å². The zero-order valence-electron chi connectivity index (χ0n) is 10.9. The largest absolute Gasteiger partial charge is 0.467 e. The SMILES string of the molecule is CCn1ncc(NC(=S)NCc2ccco2)c1C(N)=O. The lowest BCUT2D eigenvalue weighted by Gasteiger charge is -2.09. The minimum absolute atomic E-state index is 0.301. The van der Waals surface area contributed by atoms with Crippen LogP contribution in [0, 0.1) is 0 Å². The number of carbonyl (C=O) groups excluding carboxylic acids is 1. The highest BCUT2D eigenvalue weighted by molar-refractivity contribution is 7.80. The van der Waals surface area contributed by atoms with E-state index in [1.54, 1.807) is 12.3 Å². The van der Waals surface area contributed by atoms with Gasteiger partial charge in [0.05, 0.1) is 24.7 Å². The molecule has 1 amide bonds. The average molecular weight is 293 g/mol. The average Bonchev–Trinajstić information content (AvgIpc) is 3.05. The number of nitrogens with one attached hydrogen (secondary N) is 2. The molecule has 20 heavy (non-hydrogen) atoms. The van der Waals surface area contributed by atoms with Crippen molar-refractivity contribution in [3.05, 3.63) is 36.0 Å². The first-order chi connectivity index (χ1) is 9.61. The topological polar surface area (TPSA) is 98.1 Å². The minimum atomic E-state index is -0.555. The van der Waals surface area contributed by atoms with Gasteiger partial charge in [-0.3, -0.25) is 9.48 Å². The van der Waals surface area contributed by atoms with Gasteiger partial charge in [-0.05, 0) is 31.3 Å². The van der Waals surface area contributed by atoms with Crippen molar-refractivity contribution >= 4 is 28.9 Å². The van der Waals surface area contributed by atoms with Crippen LogP contribution in [0.1, 0.15) is 23.2 Å². The maximum Gasteiger partial charge on any atom is 0.269 e. The van der Waals surface area contributed by atoms with Crippen molar-refractivity contribution in [2.24, 2.45) is 5.73 Å². The van der Waals surface area contributed by atoms with Crippen molar-refractivity contribution in [3.63, 3.8) is 0 Å². The number of amides is 1. The number of aryl methyl sites for hydroxylation is 1. The van der Waals surface area contributed by atoms with E-state index in [4.69, 9.17) is 22.4 Å². The number of anilines is 1. The lowest BCUT2D eigenvalue weighted by Crippen LogP contribution is -2.29. The number of primary amides is 1. The molecule has 2 aromatic rings. The summed E-state index contributed by atoms with van der Waals surface area (Å²) >= 11 is 5.15. The molecule has 0 aromatic carbocycles. The minimum Gasteiger partial charge on any atom is -0.467 e. The summed E-state index contributed by atoms with van der Waals surface area (Å²) in [6, 6.07) is 3.63. The summed E-state index contributed by atoms with van der Waals surface area (Å²) in [7, 11) is 0. The summed E-state index contributed by atoms with van der Waals surface area (Å²) in [4.78, 5) is 11.4. The van der Waals surface area contributed by atoms with E-state index in [9.17, 15) is 4.79 Å². The van der Waals surface area contributed by atoms with Gasteiger partial charge in [0.2, 0.25) is 0 Å². The van der Waals surface area contributed by atoms with Gasteiger partial charge < -0.3 is 20.8 Å². The standard InChI is InChI=1S/C12H15N5O2S/c1-2-17-10(11(13)18)9(7-15-17)16-12(20)14-6-8-4-3-5-19-8/h3-5,7H,2,6H2,1H3,(H2,13,18)(H2,14,16,20). The number of nitrogens with zero attached hydrogens (tertiary/aromatic N) is 2. The molecule has 0 fully saturated rings. The molecule has 2 heterocycles. The second-order valence-electron chi connectivity index (χ2n) is 3.97. The number of furan rings is 1. The van der Waals surface area contributed by atoms with Crippen LogP contribution in [0.5, 0.6) is 0 Å². The van der Waals surface area contributed by atoms with Crippen LogP contribution in [0.15, 0.2) is 29.0 Å². The van der Waals surface area contributed by atoms with Crippen molar-refractivity contribution < 1.29 is 9.21 Å². The number of carbonyl (C=O) groups is 1. The summed E-state index contributed by atoms with van der Waals surface area (Å²) in [5.74, 6) is 0.203. The normalized spacial score (nSPS) is 10.2. The third-order valence-electron chi connectivity index (χ3n) is 2.62. The molecule has 8 heteroatoms. The van der Waals surface area contributed by atoms with Gasteiger partial charge in [-0.2, -0.15) is 5.10 Å². The fourth-order valence-electron chi connectivity index (χ4n) is 1.72. The van der Waals surface area contributed by atoms with Crippen LogP contribution in [0.4, 0.5) is 5.69 Å². The summed E-state index contributed by atoms with van der Waals surface area (Å²) in [5, 5.41) is 10.3. The zero-order valence-corrected chi connectivity index (χ0v) is 11.7. The molecule has 0 spiro atoms. The van der Waals surface area contributed by atoms with E-state index in [1.807, 2.05) is 13.0 Å². The Balaban J connectivity index is 2.00. The van der Waals surface area contributed by atoms with Gasteiger partial charge in [-0.1, -0.05) is 0 Å². The molecular weight excluding hydrogens is 278 g/mol. The zero-order chi connectivity index (χ0) is 14.5. The third kappa shape index (κ3) is 3.15. The van der Waals surface area contributed by atoms with Crippen LogP contribution in [-0.4, -0.2) is 20.8 Å². The molecule has 0 aliphatic heterocycles. The Kier molecular flexibility index (Phi) is 4.36. The Morgan fingerprint density at radius 2 is 2.40 bits per heavy atom. The number of hydrogen-bond donors (Lipinski definition) is 3. The highest BCUT2D eigenvalue weighted by Crippen LogP contribution is 2.14. The Hall–Kier alpha value is -2.35. The van der Waals surface area contributed by atoms with Crippen molar-refractivity contribution in [3.8, 4) is 0 Å². The van der Waals surface area contributed by atoms with E-state index in [0.29, 0.717) is 29.6 Å². The maximum absolute atomic E-state index is 11.4. The molecule has 0 atom stereocenters. The summed E-state index contributed by atoms with van der Waals surface area (Å²) in [6.07, 6.45) is 3.11. The maximum atomic E-state index is 11.4. The second-order valence-corrected chi connectivity index (χ2v) is 4.38. The molecule has 7 nitrogen and oxygen atoms in total. The summed E-state index contributed by atoms with van der Waals surface area (Å²) in [6.45, 7) is 2.87. The van der Waals surface area contributed by atoms with Crippen LogP contribution in [0.3, 0.4) is 0 Å². The molecule has 2 aromatic heterocycles. The number of thiocarbonyl (C=S) groups is 1. The monoisotopic (exact) mass is 293 g/mol. The van der Waals surface area contributed by atoms with Gasteiger partial charge in [0.15, 0.2) is 5.11 Å². The van der Waals surface area contributed by atoms with E-state index < -0.39 is 5.91 Å². The highest BCUT2D eigenvalue weighted by Gasteiger charge is 2.15. The predicted molar refractivity (Wildman–Crippen MR) is 78.2 cm³/mol. The Bertz CT molecular complexity index is 605. The van der Waals surface area contributed by atoms with Crippen molar-refractivity contribution in [2.45, 2.75) is 20.0 Å². The predicted octanol–water partition coefficient (Wildman–Crippen LogP) is 1.08. The molecule has 0 aliphatic rings. The lowest BCUT2D eigenvalue weighted by atomic mass is 10.3. The van der Waals surface area contributed by atoms with Crippen LogP contribution >= 0.6 is 12.2 Å². The van der Waals surface area contributed by atoms with Crippen LogP contribution in [0.2, 0.25) is 0 Å². The molecular formula is C12H15N5O2S. The van der Waals surface area contributed by atoms with E-state index in [1.165, 1.54) is 10.9 Å². The first-order valence-corrected chi connectivity index (χ1v) is 6.45. The molecule has 0 bridgehead atoms. The fourth-order valence-corrected chi connectivity index (χ4v) is 1.91. The number of aromatic nitrogens is 2. The van der Waals surface area contributed by atoms with Crippen molar-refractivity contribution in [1.29, 1.82) is 0 Å². The number of rotatable bonds is 5. The molecule has 2 rings (SSSR count). The molecule has 0 radical (unpaired) electrons. The quantitative estimate of drug-likeness (QED) is 0.714. The fraction of sp³-hybridized carbons (Fsp3) is 0.250. The summed E-state index contributed by atoms with van der Waals surface area (Å²) in [5.41, 5.74) is 6.13. The molecule has 0 unspecified atom stereocenters. The van der Waals surface area contributed by atoms with Gasteiger partial charge in [-0.15, -0.1) is 0 Å². The van der Waals surface area contributed by atoms with Gasteiger partial charge in [0, 0.05) is 6.54 Å². The molecule has 0 aliphatic carbocycles. The van der Waals surface area contributed by atoms with Crippen molar-refractivity contribution in [1.82, 2.24) is 15.1 Å². The molecule has 0 saturated heterocycles. The third-order valence-corrected chi connectivity index (χ3v) is 2.87. The van der Waals surface area contributed by atoms with Gasteiger partial charge in [0.1, 0.15) is 11.5 Å². The van der Waals surface area contributed by atoms with Crippen LogP contribution < -0.4 is 16.4 Å². The van der Waals surface area contributed by atoms with Gasteiger partial charge >= 0.3 is 0 Å². The second kappa shape index (κ2) is 6.20. The summed E-state index contributed by atoms with van der Waals surface area (Å²) < 4.78 is 6.69. The van der Waals surface area contributed by atoms with E-state index in [0.717, 1.165) is 5.76 Å². The molecule has 4 N–H and O–H groups in total. The van der Waals surface area contributed by atoms with E-state index in [-0.39, 0.29) is 0 Å². The Morgan fingerprint density at radius 3 is 3.00 bits per heavy atom. The number of hydrogen-bond acceptors (Lipinski definition) is 4. The van der Waals surface area contributed by atoms with Crippen molar-refractivity contribution in [2.75, 3.05) is 5.32 Å². The first kappa shape index (κ1) is 14.1. The Morgan fingerprint density at radius 1 is 1.60 bits per heavy atom. The first-order valence-electron chi connectivity index (χ1n) is 6.04. The lowest BCUT2D eigenvalue weighted by molar-refractivity contribution is 0.0991. The molecule has 0 saturated carbocycles. The number of nitrogens with two attached hydrogens (primary N) is 1. The van der Waals surface area contributed by atoms with Gasteiger partial charge in [0.25, 0.3) is 5.91 Å². The van der Waals surface area contributed by atoms with Crippen LogP contribution in [0.25, 0.3) is 0 Å². The smallest absolute Gasteiger partial charge is 0.269 e. The highest BCUT2D eigenvalue weighted by atomic mass is 32.1. The van der Waals surface area contributed by atoms with E-state index >= 15 is 0 Å². The van der Waals surface area contributed by atoms with E-state index in [2.05, 4.69) is 15.7 Å².